The van der Waals surface area contributed by atoms with Gasteiger partial charge in [-0.2, -0.15) is 0 Å². The number of nitrogens with zero attached hydrogens (tertiary/aromatic N) is 2. The maximum Gasteiger partial charge on any atom is 0.106 e. The molecule has 0 saturated carbocycles. The topological polar surface area (TPSA) is 8.17 Å². The molecule has 0 amide bonds. The lowest BCUT2D eigenvalue weighted by Crippen LogP contribution is -2.35. The van der Waals surface area contributed by atoms with Crippen molar-refractivity contribution in [1.29, 1.82) is 0 Å². The van der Waals surface area contributed by atoms with Gasteiger partial charge < -0.3 is 9.47 Å². The third-order valence-electron chi connectivity index (χ3n) is 3.16. The van der Waals surface area contributed by atoms with Crippen molar-refractivity contribution in [2.45, 2.75) is 25.4 Å². The van der Waals surface area contributed by atoms with Crippen LogP contribution >= 0.6 is 11.3 Å². The highest BCUT2D eigenvalue weighted by Crippen LogP contribution is 2.33. The SMILES string of the molecule is [c]1ccsc1N1CCCCC1n1cccc1. The summed E-state index contributed by atoms with van der Waals surface area (Å²) in [6, 6.07) is 9.55. The summed E-state index contributed by atoms with van der Waals surface area (Å²) in [5.74, 6) is 0. The summed E-state index contributed by atoms with van der Waals surface area (Å²) in [6.07, 6.45) is 8.67. The van der Waals surface area contributed by atoms with E-state index in [9.17, 15) is 0 Å². The molecule has 0 aliphatic carbocycles. The van der Waals surface area contributed by atoms with Gasteiger partial charge in [-0.15, -0.1) is 11.3 Å². The summed E-state index contributed by atoms with van der Waals surface area (Å²) >= 11 is 1.79. The van der Waals surface area contributed by atoms with Crippen molar-refractivity contribution in [1.82, 2.24) is 4.57 Å². The molecule has 3 heteroatoms. The summed E-state index contributed by atoms with van der Waals surface area (Å²) in [6.45, 7) is 1.15. The molecule has 1 aliphatic heterocycles. The van der Waals surface area contributed by atoms with Crippen LogP contribution in [0, 0.1) is 6.07 Å². The Morgan fingerprint density at radius 2 is 2.12 bits per heavy atom. The van der Waals surface area contributed by atoms with Gasteiger partial charge in [0.1, 0.15) is 11.2 Å². The number of rotatable bonds is 2. The highest BCUT2D eigenvalue weighted by molar-refractivity contribution is 7.14. The molecule has 1 fully saturated rings. The fourth-order valence-corrected chi connectivity index (χ4v) is 3.15. The fraction of sp³-hybridized carbons (Fsp3) is 0.385. The van der Waals surface area contributed by atoms with Crippen molar-refractivity contribution >= 4 is 16.3 Å². The van der Waals surface area contributed by atoms with Crippen LogP contribution in [0.4, 0.5) is 5.00 Å². The van der Waals surface area contributed by atoms with E-state index in [4.69, 9.17) is 0 Å². The lowest BCUT2D eigenvalue weighted by molar-refractivity contribution is 0.378. The standard InChI is InChI=1S/C13H15N2S/c1-2-10-15(13-7-5-11-16-13)12(6-1)14-8-3-4-9-14/h3-5,8-9,11-12H,1-2,6,10H2. The van der Waals surface area contributed by atoms with Crippen molar-refractivity contribution < 1.29 is 0 Å². The molecule has 0 bridgehead atoms. The molecule has 3 rings (SSSR count). The Kier molecular flexibility index (Phi) is 2.70. The quantitative estimate of drug-likeness (QED) is 0.767. The Morgan fingerprint density at radius 3 is 2.88 bits per heavy atom. The van der Waals surface area contributed by atoms with E-state index in [2.05, 4.69) is 45.4 Å². The first-order chi connectivity index (χ1) is 7.95. The number of piperidine rings is 1. The number of hydrogen-bond donors (Lipinski definition) is 0. The van der Waals surface area contributed by atoms with E-state index in [0.29, 0.717) is 6.17 Å². The molecular weight excluding hydrogens is 216 g/mol. The van der Waals surface area contributed by atoms with Crippen LogP contribution in [0.1, 0.15) is 25.4 Å². The molecule has 1 saturated heterocycles. The molecule has 2 nitrogen and oxygen atoms in total. The zero-order valence-corrected chi connectivity index (χ0v) is 9.99. The molecule has 1 unspecified atom stereocenters. The molecule has 1 atom stereocenters. The maximum atomic E-state index is 3.33. The van der Waals surface area contributed by atoms with Crippen molar-refractivity contribution in [2.75, 3.05) is 11.4 Å². The molecule has 2 aromatic rings. The summed E-state index contributed by atoms with van der Waals surface area (Å²) in [5, 5.41) is 3.38. The van der Waals surface area contributed by atoms with Gasteiger partial charge in [-0.3, -0.25) is 0 Å². The minimum absolute atomic E-state index is 0.485. The summed E-state index contributed by atoms with van der Waals surface area (Å²) in [4.78, 5) is 2.48. The zero-order valence-electron chi connectivity index (χ0n) is 9.17. The van der Waals surface area contributed by atoms with Crippen LogP contribution in [-0.4, -0.2) is 11.1 Å². The van der Waals surface area contributed by atoms with E-state index in [0.717, 1.165) is 6.54 Å². The number of hydrogen-bond acceptors (Lipinski definition) is 2. The predicted octanol–water partition coefficient (Wildman–Crippen LogP) is 3.54. The normalized spacial score (nSPS) is 21.2. The van der Waals surface area contributed by atoms with Gasteiger partial charge in [-0.1, -0.05) is 0 Å². The summed E-state index contributed by atoms with van der Waals surface area (Å²) in [7, 11) is 0. The number of thiophene rings is 1. The van der Waals surface area contributed by atoms with Crippen LogP contribution in [0.3, 0.4) is 0 Å². The molecule has 16 heavy (non-hydrogen) atoms. The highest BCUT2D eigenvalue weighted by Gasteiger charge is 2.23. The van der Waals surface area contributed by atoms with E-state index >= 15 is 0 Å². The summed E-state index contributed by atoms with van der Waals surface area (Å²) < 4.78 is 2.31. The van der Waals surface area contributed by atoms with Crippen molar-refractivity contribution in [3.05, 3.63) is 42.0 Å². The minimum atomic E-state index is 0.485. The van der Waals surface area contributed by atoms with Gasteiger partial charge in [0.15, 0.2) is 0 Å². The first-order valence-electron chi connectivity index (χ1n) is 5.79. The average molecular weight is 231 g/mol. The van der Waals surface area contributed by atoms with Gasteiger partial charge in [-0.25, -0.2) is 0 Å². The van der Waals surface area contributed by atoms with Crippen molar-refractivity contribution in [2.24, 2.45) is 0 Å². The van der Waals surface area contributed by atoms with Gasteiger partial charge in [0.05, 0.1) is 0 Å². The average Bonchev–Trinajstić information content (AvgIpc) is 3.03. The molecule has 2 aromatic heterocycles. The number of anilines is 1. The van der Waals surface area contributed by atoms with E-state index in [1.807, 2.05) is 6.07 Å². The van der Waals surface area contributed by atoms with Crippen LogP contribution in [0.15, 0.2) is 36.0 Å². The second-order valence-electron chi connectivity index (χ2n) is 4.17. The molecule has 0 spiro atoms. The Hall–Kier alpha value is -1.22. The molecule has 1 radical (unpaired) electrons. The van der Waals surface area contributed by atoms with E-state index in [1.165, 1.54) is 24.3 Å². The van der Waals surface area contributed by atoms with Crippen LogP contribution in [0.2, 0.25) is 0 Å². The van der Waals surface area contributed by atoms with Gasteiger partial charge >= 0.3 is 0 Å². The Morgan fingerprint density at radius 1 is 1.25 bits per heavy atom. The molecular formula is C13H15N2S. The van der Waals surface area contributed by atoms with Gasteiger partial charge in [0.2, 0.25) is 0 Å². The molecule has 0 N–H and O–H groups in total. The predicted molar refractivity (Wildman–Crippen MR) is 67.8 cm³/mol. The van der Waals surface area contributed by atoms with E-state index in [-0.39, 0.29) is 0 Å². The number of aromatic nitrogens is 1. The smallest absolute Gasteiger partial charge is 0.106 e. The van der Waals surface area contributed by atoms with Gasteiger partial charge in [0.25, 0.3) is 0 Å². The van der Waals surface area contributed by atoms with E-state index in [1.54, 1.807) is 11.3 Å². The van der Waals surface area contributed by atoms with Gasteiger partial charge in [0, 0.05) is 25.0 Å². The zero-order chi connectivity index (χ0) is 10.8. The summed E-state index contributed by atoms with van der Waals surface area (Å²) in [5.41, 5.74) is 0. The lowest BCUT2D eigenvalue weighted by atomic mass is 10.1. The van der Waals surface area contributed by atoms with E-state index < -0.39 is 0 Å². The third kappa shape index (κ3) is 1.76. The van der Waals surface area contributed by atoms with Crippen LogP contribution in [-0.2, 0) is 0 Å². The Labute approximate surface area is 100 Å². The maximum absolute atomic E-state index is 3.33. The molecule has 3 heterocycles. The van der Waals surface area contributed by atoms with Crippen molar-refractivity contribution in [3.63, 3.8) is 0 Å². The second-order valence-corrected chi connectivity index (χ2v) is 5.06. The lowest BCUT2D eigenvalue weighted by Gasteiger charge is -2.37. The first kappa shape index (κ1) is 9.97. The molecule has 1 aliphatic rings. The monoisotopic (exact) mass is 231 g/mol. The Balaban J connectivity index is 1.90. The minimum Gasteiger partial charge on any atom is -0.342 e. The van der Waals surface area contributed by atoms with Crippen molar-refractivity contribution in [3.8, 4) is 0 Å². The third-order valence-corrected chi connectivity index (χ3v) is 4.01. The highest BCUT2D eigenvalue weighted by atomic mass is 32.1. The second kappa shape index (κ2) is 4.34. The van der Waals surface area contributed by atoms with Gasteiger partial charge in [-0.05, 0) is 42.8 Å². The Bertz CT molecular complexity index is 376. The largest absolute Gasteiger partial charge is 0.342 e. The fourth-order valence-electron chi connectivity index (χ4n) is 2.40. The molecule has 83 valence electrons. The van der Waals surface area contributed by atoms with Crippen LogP contribution in [0.25, 0.3) is 0 Å². The first-order valence-corrected chi connectivity index (χ1v) is 6.67. The van der Waals surface area contributed by atoms with Crippen LogP contribution < -0.4 is 4.90 Å². The van der Waals surface area contributed by atoms with Crippen LogP contribution in [0.5, 0.6) is 0 Å². The molecule has 0 aromatic carbocycles.